The van der Waals surface area contributed by atoms with Crippen molar-refractivity contribution < 1.29 is 329 Å². The van der Waals surface area contributed by atoms with Crippen molar-refractivity contribution in [1.29, 1.82) is 0 Å². The van der Waals surface area contributed by atoms with Crippen molar-refractivity contribution >= 4 is 15.6 Å². The zero-order valence-corrected chi connectivity index (χ0v) is 59.4. The Morgan fingerprint density at radius 3 is 0.480 bits per heavy atom. The normalized spacial score (nSPS) is 52.0. The van der Waals surface area contributed by atoms with Gasteiger partial charge >= 0.3 is 103 Å². The summed E-state index contributed by atoms with van der Waals surface area (Å²) in [5.74, 6) is 0. The number of rotatable bonds is 12. The van der Waals surface area contributed by atoms with Crippen LogP contribution in [-0.2, 0) is 94.0 Å². The summed E-state index contributed by atoms with van der Waals surface area (Å²) in [5.41, 5.74) is 0. The molecule has 560 valence electrons. The average molecular weight is 1530 g/mol. The topological polar surface area (TPSA) is 732 Å². The smallest absolute Gasteiger partial charge is 0.756 e. The molecule has 0 aromatic rings. The minimum atomic E-state index is -5.75. The molecule has 98 heavy (non-hydrogen) atoms. The maximum Gasteiger partial charge on any atom is 1.00 e. The van der Waals surface area contributed by atoms with E-state index in [4.69, 9.17) is 75.8 Å². The van der Waals surface area contributed by atoms with Crippen LogP contribution in [0.15, 0.2) is 0 Å². The predicted octanol–water partition coefficient (Wildman–Crippen LogP) is -24.4. The van der Waals surface area contributed by atoms with E-state index in [1.165, 1.54) is 0 Å². The van der Waals surface area contributed by atoms with Gasteiger partial charge in [-0.15, -0.1) is 0 Å². The number of hydrogen-bond acceptors (Lipinski definition) is 44. The van der Waals surface area contributed by atoms with Crippen LogP contribution in [0.4, 0.5) is 0 Å². The molecule has 16 bridgehead atoms. The fraction of sp³-hybridized carbons (Fsp3) is 1.00. The molecule has 0 radical (unpaired) electrons. The van der Waals surface area contributed by atoms with Crippen molar-refractivity contribution in [3.05, 3.63) is 0 Å². The summed E-state index contributed by atoms with van der Waals surface area (Å²) in [4.78, 5) is 42.8. The Hall–Kier alpha value is 1.97. The van der Waals surface area contributed by atoms with Gasteiger partial charge in [0.2, 0.25) is 0 Å². The van der Waals surface area contributed by atoms with Crippen molar-refractivity contribution in [2.45, 2.75) is 246 Å². The molecule has 30 heterocycles. The second kappa shape index (κ2) is 37.1. The molecular weight excluding hydrogens is 1450 g/mol. The number of aliphatic hydroxyl groups is 22. The molecule has 30 aliphatic heterocycles. The van der Waals surface area contributed by atoms with Crippen LogP contribution in [0, 0.1) is 0 Å². The van der Waals surface area contributed by atoms with E-state index >= 15 is 0 Å². The van der Waals surface area contributed by atoms with Crippen molar-refractivity contribution in [3.8, 4) is 0 Å². The maximum absolute atomic E-state index is 11.9. The average Bonchev–Trinajstić information content (AvgIpc) is 0.778. The summed E-state index contributed by atoms with van der Waals surface area (Å²) >= 11 is 0. The van der Waals surface area contributed by atoms with Crippen LogP contribution in [0.3, 0.4) is 0 Å². The van der Waals surface area contributed by atoms with Gasteiger partial charge in [0.15, 0.2) is 50.3 Å². The number of hydrogen-bond donors (Lipinski definition) is 24. The minimum absolute atomic E-state index is 0. The fourth-order valence-corrected chi connectivity index (χ4v) is 12.9. The van der Waals surface area contributed by atoms with Gasteiger partial charge in [-0.25, -0.2) is 0 Å². The molecule has 2 unspecified atom stereocenters. The Labute approximate surface area is 636 Å². The second-order valence-electron chi connectivity index (χ2n) is 23.6. The zero-order chi connectivity index (χ0) is 70.5. The fourth-order valence-electron chi connectivity index (χ4n) is 12.2. The number of ether oxygens (including phenoxy) is 16. The molecule has 0 aliphatic carbocycles. The third-order valence-corrected chi connectivity index (χ3v) is 18.3. The molecule has 0 amide bonds. The monoisotopic (exact) mass is 1530 g/mol. The van der Waals surface area contributed by atoms with E-state index in [2.05, 4.69) is 9.05 Å². The van der Waals surface area contributed by atoms with Crippen LogP contribution >= 0.6 is 15.6 Å². The van der Waals surface area contributed by atoms with E-state index in [1.54, 1.807) is 0 Å². The van der Waals surface area contributed by atoms with E-state index in [0.29, 0.717) is 0 Å². The van der Waals surface area contributed by atoms with Crippen LogP contribution in [0.5, 0.6) is 0 Å². The largest absolute Gasteiger partial charge is 1.00 e. The van der Waals surface area contributed by atoms with Gasteiger partial charge in [-0.3, -0.25) is 9.13 Å². The standard InChI is InChI=1S/C48H82O46P2.2K/c49-1-9-33-18(56)26(64)42(80-9)89-35-11(3-51)83-45(29(67)21(35)59)93-39-15(7-77-95(71,72)73)86-48(32(70)24(39)62)92-38-14(6-54)82-44(28(66)20(38)58)90-36-12(4-52)84-46(30(68)22(36)60)94-40-16(8-78-96(74,75)76)85-47(31(69)23(40)61)91-37-13(5-53)81-43(27(65)19(37)57)88-34-10(2-50)79-41(87-33)25(63)17(34)55;;/h9-70H,1-8H2,(H2,71,72,73)(H2,74,75,76);;/q;2*+1/p-2/t9-,10-,11-,12-,13-,14-,15-,16-,17-,18-,19-,20-,21-,22-,23-,24-,25-,26-,27-,28-,29-,30-,31-,32-,33-,34-,35-,36-,37-,38-,39-,40-,41-,42-,43-,44-,45-,46-,47-,48-;;/m1../s1. The Kier molecular flexibility index (Phi) is 33.0. The first-order valence-corrected chi connectivity index (χ1v) is 32.6. The summed E-state index contributed by atoms with van der Waals surface area (Å²) in [6.45, 7) is -9.85. The molecule has 24 N–H and O–H groups in total. The number of phosphoric acid groups is 2. The molecule has 50 heteroatoms. The van der Waals surface area contributed by atoms with E-state index < -0.39 is 314 Å². The van der Waals surface area contributed by atoms with Gasteiger partial charge in [0.25, 0.3) is 15.6 Å². The van der Waals surface area contributed by atoms with E-state index in [9.17, 15) is 141 Å². The Bertz CT molecular complexity index is 2500. The van der Waals surface area contributed by atoms with Crippen LogP contribution in [0.2, 0.25) is 0 Å². The third kappa shape index (κ3) is 19.4. The van der Waals surface area contributed by atoms with Crippen molar-refractivity contribution in [1.82, 2.24) is 0 Å². The molecular formula is C48H80K2O46P2. The first-order valence-electron chi connectivity index (χ1n) is 29.6. The molecule has 42 atom stereocenters. The quantitative estimate of drug-likeness (QED) is 0.0637. The maximum atomic E-state index is 11.9. The van der Waals surface area contributed by atoms with Crippen molar-refractivity contribution in [3.63, 3.8) is 0 Å². The van der Waals surface area contributed by atoms with Crippen LogP contribution in [0.25, 0.3) is 0 Å². The summed E-state index contributed by atoms with van der Waals surface area (Å²) in [7, 11) is -11.5. The van der Waals surface area contributed by atoms with E-state index in [1.807, 2.05) is 0 Å². The van der Waals surface area contributed by atoms with Crippen LogP contribution < -0.4 is 113 Å². The Morgan fingerprint density at radius 1 is 0.235 bits per heavy atom. The third-order valence-electron chi connectivity index (χ3n) is 17.3. The summed E-state index contributed by atoms with van der Waals surface area (Å²) < 4.78 is 123. The first-order chi connectivity index (χ1) is 45.2. The van der Waals surface area contributed by atoms with Gasteiger partial charge in [-0.1, -0.05) is 0 Å². The van der Waals surface area contributed by atoms with Crippen molar-refractivity contribution in [2.24, 2.45) is 0 Å². The van der Waals surface area contributed by atoms with Crippen LogP contribution in [-0.4, -0.2) is 421 Å². The molecule has 0 spiro atoms. The van der Waals surface area contributed by atoms with Crippen LogP contribution in [0.1, 0.15) is 0 Å². The predicted molar refractivity (Wildman–Crippen MR) is 278 cm³/mol. The summed E-state index contributed by atoms with van der Waals surface area (Å²) in [6.07, 6.45) is -88.6. The van der Waals surface area contributed by atoms with Gasteiger partial charge in [0.05, 0.1) is 52.9 Å². The van der Waals surface area contributed by atoms with Gasteiger partial charge in [-0.2, -0.15) is 0 Å². The second-order valence-corrected chi connectivity index (χ2v) is 26.0. The van der Waals surface area contributed by atoms with E-state index in [0.717, 1.165) is 0 Å². The van der Waals surface area contributed by atoms with Gasteiger partial charge < -0.3 is 217 Å². The number of aliphatic hydroxyl groups excluding tert-OH is 22. The molecule has 0 aromatic carbocycles. The molecule has 30 aliphatic rings. The molecule has 0 saturated carbocycles. The minimum Gasteiger partial charge on any atom is -0.756 e. The Morgan fingerprint density at radius 2 is 0.357 bits per heavy atom. The molecule has 46 nitrogen and oxygen atoms in total. The first kappa shape index (κ1) is 87.2. The summed E-state index contributed by atoms with van der Waals surface area (Å²) in [5, 5.41) is 246. The molecule has 30 fully saturated rings. The van der Waals surface area contributed by atoms with Gasteiger partial charge in [0, 0.05) is 0 Å². The number of phosphoric ester groups is 2. The summed E-state index contributed by atoms with van der Waals surface area (Å²) in [6, 6.07) is 0. The molecule has 30 saturated heterocycles. The van der Waals surface area contributed by atoms with Gasteiger partial charge in [0.1, 0.15) is 195 Å². The Balaban J connectivity index is 0.00000676. The van der Waals surface area contributed by atoms with E-state index in [-0.39, 0.29) is 103 Å². The van der Waals surface area contributed by atoms with Crippen molar-refractivity contribution in [2.75, 3.05) is 52.9 Å². The SMILES string of the molecule is O=P([O-])(O)OC[C@H]1O[C@@H]2O[C@H]3[C@H](O)[C@@H](O)[C@@H](O[C@H]4[C@H](O)[C@@H](O)[C@@H](O[C@H]5[C@H](O)[C@@H](O)[C@@H](O[C@H]6[C@H](O)[C@@H](O)[C@@H](O[C@H]7[C@H](O)[C@@H](O)[C@@H](O[C@H]8[C@H](O)[C@@H](O)[C@@H](O[C@H]9[C@H](O)[C@@H](O)[C@@H](O[C@H]1[C@H](O)[C@H]2O)O[C@@H]9CO)O[C@@H]8CO)O[C@@H]7CO)O[C@@H]6CO)O[C@@H]5COP(=O)([O-])O)O[C@@H]4CO)O[C@@H]3CO.[K+].[K+]. The molecule has 30 rings (SSSR count). The zero-order valence-electron chi connectivity index (χ0n) is 51.4. The van der Waals surface area contributed by atoms with Gasteiger partial charge in [-0.05, 0) is 0 Å². The molecule has 0 aromatic heterocycles.